The molecular weight excluding hydrogens is 212 g/mol. The van der Waals surface area contributed by atoms with E-state index >= 15 is 0 Å². The topological polar surface area (TPSA) is 24.5 Å². The van der Waals surface area contributed by atoms with Gasteiger partial charge in [-0.3, -0.25) is 0 Å². The van der Waals surface area contributed by atoms with Gasteiger partial charge in [-0.25, -0.2) is 0 Å². The largest absolute Gasteiger partial charge is 0.384 e. The zero-order chi connectivity index (χ0) is 12.5. The molecule has 0 aromatic rings. The van der Waals surface area contributed by atoms with E-state index in [-0.39, 0.29) is 0 Å². The first-order valence-electron chi connectivity index (χ1n) is 7.21. The van der Waals surface area contributed by atoms with Crippen LogP contribution in [0.25, 0.3) is 0 Å². The molecule has 0 bridgehead atoms. The summed E-state index contributed by atoms with van der Waals surface area (Å²) in [6, 6.07) is 0.672. The standard InChI is InChI=1S/C14H30N2O/c1-4-5-13(2)15-8-11-16-9-6-14(7-10-16)12-17-3/h13-15H,4-12H2,1-3H3. The van der Waals surface area contributed by atoms with E-state index in [0.717, 1.165) is 19.1 Å². The molecule has 0 radical (unpaired) electrons. The Morgan fingerprint density at radius 1 is 1.35 bits per heavy atom. The van der Waals surface area contributed by atoms with Crippen LogP contribution in [0.4, 0.5) is 0 Å². The first-order chi connectivity index (χ1) is 8.26. The maximum atomic E-state index is 5.23. The Balaban J connectivity index is 2.02. The number of rotatable bonds is 8. The molecule has 0 aliphatic carbocycles. The second kappa shape index (κ2) is 8.90. The van der Waals surface area contributed by atoms with Gasteiger partial charge in [0.25, 0.3) is 0 Å². The first-order valence-corrected chi connectivity index (χ1v) is 7.21. The fourth-order valence-corrected chi connectivity index (χ4v) is 2.62. The molecule has 0 aromatic heterocycles. The normalized spacial score (nSPS) is 20.6. The van der Waals surface area contributed by atoms with Gasteiger partial charge in [-0.15, -0.1) is 0 Å². The average molecular weight is 242 g/mol. The molecule has 3 nitrogen and oxygen atoms in total. The molecule has 17 heavy (non-hydrogen) atoms. The van der Waals surface area contributed by atoms with Crippen molar-refractivity contribution in [2.45, 2.75) is 45.6 Å². The molecule has 1 N–H and O–H groups in total. The third-order valence-electron chi connectivity index (χ3n) is 3.75. The molecule has 1 aliphatic rings. The molecule has 3 heteroatoms. The lowest BCUT2D eigenvalue weighted by atomic mass is 9.98. The van der Waals surface area contributed by atoms with Crippen LogP contribution in [0.5, 0.6) is 0 Å². The van der Waals surface area contributed by atoms with Crippen molar-refractivity contribution in [2.75, 3.05) is 39.9 Å². The Morgan fingerprint density at radius 2 is 2.06 bits per heavy atom. The third-order valence-corrected chi connectivity index (χ3v) is 3.75. The molecular formula is C14H30N2O. The minimum absolute atomic E-state index is 0.672. The van der Waals surface area contributed by atoms with Crippen LogP contribution in [0.3, 0.4) is 0 Å². The van der Waals surface area contributed by atoms with Gasteiger partial charge in [0.05, 0.1) is 0 Å². The van der Waals surface area contributed by atoms with Crippen LogP contribution in [0.15, 0.2) is 0 Å². The second-order valence-electron chi connectivity index (χ2n) is 5.38. The number of ether oxygens (including phenoxy) is 1. The number of hydrogen-bond acceptors (Lipinski definition) is 3. The van der Waals surface area contributed by atoms with Crippen LogP contribution in [-0.4, -0.2) is 50.8 Å². The molecule has 1 aliphatic heterocycles. The van der Waals surface area contributed by atoms with Crippen LogP contribution >= 0.6 is 0 Å². The number of likely N-dealkylation sites (tertiary alicyclic amines) is 1. The summed E-state index contributed by atoms with van der Waals surface area (Å²) in [5.74, 6) is 0.795. The van der Waals surface area contributed by atoms with Crippen LogP contribution in [0.1, 0.15) is 39.5 Å². The maximum Gasteiger partial charge on any atom is 0.0491 e. The highest BCUT2D eigenvalue weighted by molar-refractivity contribution is 4.73. The molecule has 1 fully saturated rings. The molecule has 1 atom stereocenters. The van der Waals surface area contributed by atoms with E-state index in [4.69, 9.17) is 4.74 Å². The molecule has 0 saturated carbocycles. The van der Waals surface area contributed by atoms with Gasteiger partial charge in [-0.1, -0.05) is 13.3 Å². The van der Waals surface area contributed by atoms with Gasteiger partial charge >= 0.3 is 0 Å². The Kier molecular flexibility index (Phi) is 7.82. The van der Waals surface area contributed by atoms with Gasteiger partial charge in [0.2, 0.25) is 0 Å². The molecule has 1 unspecified atom stereocenters. The third kappa shape index (κ3) is 6.39. The van der Waals surface area contributed by atoms with Crippen molar-refractivity contribution in [3.05, 3.63) is 0 Å². The van der Waals surface area contributed by atoms with Crippen LogP contribution < -0.4 is 5.32 Å². The predicted octanol–water partition coefficient (Wildman–Crippen LogP) is 2.12. The Labute approximate surface area is 107 Å². The maximum absolute atomic E-state index is 5.23. The summed E-state index contributed by atoms with van der Waals surface area (Å²) < 4.78 is 5.23. The lowest BCUT2D eigenvalue weighted by Gasteiger charge is -2.31. The zero-order valence-electron chi connectivity index (χ0n) is 11.9. The Bertz CT molecular complexity index is 179. The summed E-state index contributed by atoms with van der Waals surface area (Å²) in [6.07, 6.45) is 5.17. The lowest BCUT2D eigenvalue weighted by Crippen LogP contribution is -2.40. The fourth-order valence-electron chi connectivity index (χ4n) is 2.62. The van der Waals surface area contributed by atoms with E-state index in [1.54, 1.807) is 0 Å². The molecule has 1 rings (SSSR count). The van der Waals surface area contributed by atoms with Gasteiger partial charge in [0.15, 0.2) is 0 Å². The predicted molar refractivity (Wildman–Crippen MR) is 73.4 cm³/mol. The van der Waals surface area contributed by atoms with E-state index in [2.05, 4.69) is 24.1 Å². The fraction of sp³-hybridized carbons (Fsp3) is 1.00. The molecule has 0 spiro atoms. The average Bonchev–Trinajstić information content (AvgIpc) is 2.32. The van der Waals surface area contributed by atoms with Crippen LogP contribution in [-0.2, 0) is 4.74 Å². The van der Waals surface area contributed by atoms with E-state index < -0.39 is 0 Å². The van der Waals surface area contributed by atoms with Gasteiger partial charge in [-0.05, 0) is 45.2 Å². The van der Waals surface area contributed by atoms with Gasteiger partial charge < -0.3 is 15.0 Å². The summed E-state index contributed by atoms with van der Waals surface area (Å²) in [6.45, 7) is 10.3. The molecule has 0 amide bonds. The van der Waals surface area contributed by atoms with Crippen molar-refractivity contribution < 1.29 is 4.74 Å². The number of methoxy groups -OCH3 is 1. The molecule has 1 saturated heterocycles. The number of nitrogens with one attached hydrogen (secondary N) is 1. The van der Waals surface area contributed by atoms with Crippen molar-refractivity contribution in [1.82, 2.24) is 10.2 Å². The number of piperidine rings is 1. The highest BCUT2D eigenvalue weighted by Crippen LogP contribution is 2.16. The van der Waals surface area contributed by atoms with E-state index in [1.807, 2.05) is 7.11 Å². The van der Waals surface area contributed by atoms with Gasteiger partial charge in [0, 0.05) is 32.8 Å². The van der Waals surface area contributed by atoms with Crippen LogP contribution in [0.2, 0.25) is 0 Å². The minimum atomic E-state index is 0.672. The lowest BCUT2D eigenvalue weighted by molar-refractivity contribution is 0.0996. The Morgan fingerprint density at radius 3 is 2.65 bits per heavy atom. The van der Waals surface area contributed by atoms with Crippen molar-refractivity contribution in [3.63, 3.8) is 0 Å². The SMILES string of the molecule is CCCC(C)NCCN1CCC(COC)CC1. The van der Waals surface area contributed by atoms with Crippen molar-refractivity contribution in [1.29, 1.82) is 0 Å². The van der Waals surface area contributed by atoms with Crippen molar-refractivity contribution >= 4 is 0 Å². The molecule has 0 aromatic carbocycles. The van der Waals surface area contributed by atoms with Gasteiger partial charge in [-0.2, -0.15) is 0 Å². The smallest absolute Gasteiger partial charge is 0.0491 e. The molecule has 1 heterocycles. The quantitative estimate of drug-likeness (QED) is 0.705. The van der Waals surface area contributed by atoms with E-state index in [1.165, 1.54) is 45.3 Å². The minimum Gasteiger partial charge on any atom is -0.384 e. The highest BCUT2D eigenvalue weighted by atomic mass is 16.5. The second-order valence-corrected chi connectivity index (χ2v) is 5.38. The van der Waals surface area contributed by atoms with Crippen molar-refractivity contribution in [2.24, 2.45) is 5.92 Å². The summed E-state index contributed by atoms with van der Waals surface area (Å²) in [4.78, 5) is 2.58. The summed E-state index contributed by atoms with van der Waals surface area (Å²) in [5.41, 5.74) is 0. The first kappa shape index (κ1) is 14.9. The number of nitrogens with zero attached hydrogens (tertiary/aromatic N) is 1. The Hall–Kier alpha value is -0.120. The monoisotopic (exact) mass is 242 g/mol. The van der Waals surface area contributed by atoms with E-state index in [9.17, 15) is 0 Å². The zero-order valence-corrected chi connectivity index (χ0v) is 11.9. The summed E-state index contributed by atoms with van der Waals surface area (Å²) in [7, 11) is 1.81. The molecule has 102 valence electrons. The number of hydrogen-bond donors (Lipinski definition) is 1. The van der Waals surface area contributed by atoms with Crippen LogP contribution in [0, 0.1) is 5.92 Å². The summed E-state index contributed by atoms with van der Waals surface area (Å²) in [5, 5.41) is 3.60. The van der Waals surface area contributed by atoms with Gasteiger partial charge in [0.1, 0.15) is 0 Å². The summed E-state index contributed by atoms with van der Waals surface area (Å²) >= 11 is 0. The van der Waals surface area contributed by atoms with Crippen molar-refractivity contribution in [3.8, 4) is 0 Å². The highest BCUT2D eigenvalue weighted by Gasteiger charge is 2.18. The van der Waals surface area contributed by atoms with E-state index in [0.29, 0.717) is 6.04 Å².